The van der Waals surface area contributed by atoms with E-state index < -0.39 is 4.92 Å². The third-order valence-corrected chi connectivity index (χ3v) is 4.85. The molecule has 0 radical (unpaired) electrons. The molecule has 1 saturated heterocycles. The van der Waals surface area contributed by atoms with E-state index in [-0.39, 0.29) is 23.8 Å². The van der Waals surface area contributed by atoms with Gasteiger partial charge >= 0.3 is 5.69 Å². The van der Waals surface area contributed by atoms with Crippen molar-refractivity contribution in [3.8, 4) is 5.75 Å². The summed E-state index contributed by atoms with van der Waals surface area (Å²) >= 11 is 6.17. The minimum absolute atomic E-state index is 0. The molecule has 0 amide bonds. The summed E-state index contributed by atoms with van der Waals surface area (Å²) in [6.07, 6.45) is 3.10. The first-order valence-electron chi connectivity index (χ1n) is 7.97. The number of nitro benzene ring substituents is 1. The number of nitrogens with zero attached hydrogens (tertiary/aromatic N) is 1. The normalized spacial score (nSPS) is 16.3. The molecule has 1 unspecified atom stereocenters. The zero-order valence-electron chi connectivity index (χ0n) is 14.0. The van der Waals surface area contributed by atoms with Crippen LogP contribution < -0.4 is 15.4 Å². The van der Waals surface area contributed by atoms with Gasteiger partial charge in [-0.15, -0.1) is 12.4 Å². The molecule has 24 heavy (non-hydrogen) atoms. The van der Waals surface area contributed by atoms with Gasteiger partial charge in [-0.1, -0.05) is 11.6 Å². The summed E-state index contributed by atoms with van der Waals surface area (Å²) in [6, 6.07) is 3.49. The van der Waals surface area contributed by atoms with Crippen LogP contribution in [0.15, 0.2) is 12.1 Å². The summed E-state index contributed by atoms with van der Waals surface area (Å²) in [4.78, 5) is 10.5. The molecule has 1 fully saturated rings. The fraction of sp³-hybridized carbons (Fsp3) is 0.625. The Bertz CT molecular complexity index is 552. The molecule has 0 aromatic heterocycles. The van der Waals surface area contributed by atoms with Gasteiger partial charge in [-0.25, -0.2) is 0 Å². The molecule has 1 atom stereocenters. The molecule has 2 N–H and O–H groups in total. The minimum Gasteiger partial charge on any atom is -0.490 e. The summed E-state index contributed by atoms with van der Waals surface area (Å²) in [7, 11) is 1.43. The van der Waals surface area contributed by atoms with Gasteiger partial charge in [-0.2, -0.15) is 0 Å². The first-order valence-corrected chi connectivity index (χ1v) is 8.35. The van der Waals surface area contributed by atoms with E-state index >= 15 is 0 Å². The molecule has 2 rings (SSSR count). The third kappa shape index (κ3) is 5.48. The summed E-state index contributed by atoms with van der Waals surface area (Å²) < 4.78 is 5.10. The van der Waals surface area contributed by atoms with Crippen molar-refractivity contribution in [3.63, 3.8) is 0 Å². The number of benzene rings is 1. The zero-order chi connectivity index (χ0) is 16.8. The SMILES string of the molecule is COc1cc(CCNC(C)C2CCNCC2)c(Cl)cc1[N+](=O)[O-].Cl. The van der Waals surface area contributed by atoms with Crippen molar-refractivity contribution in [2.45, 2.75) is 32.2 Å². The summed E-state index contributed by atoms with van der Waals surface area (Å²) in [6.45, 7) is 5.17. The molecule has 1 aromatic rings. The number of rotatable bonds is 7. The van der Waals surface area contributed by atoms with Gasteiger partial charge in [0.25, 0.3) is 0 Å². The van der Waals surface area contributed by atoms with Crippen molar-refractivity contribution in [2.75, 3.05) is 26.7 Å². The second kappa shape index (κ2) is 10.0. The van der Waals surface area contributed by atoms with Gasteiger partial charge in [0.15, 0.2) is 5.75 Å². The van der Waals surface area contributed by atoms with Gasteiger partial charge in [0.2, 0.25) is 0 Å². The summed E-state index contributed by atoms with van der Waals surface area (Å²) in [5, 5.41) is 18.3. The van der Waals surface area contributed by atoms with Crippen LogP contribution in [0.4, 0.5) is 5.69 Å². The van der Waals surface area contributed by atoms with E-state index in [9.17, 15) is 10.1 Å². The molecule has 0 aliphatic carbocycles. The Hall–Kier alpha value is -1.08. The first-order chi connectivity index (χ1) is 11.0. The number of piperidine rings is 1. The van der Waals surface area contributed by atoms with Gasteiger partial charge in [0.1, 0.15) is 0 Å². The van der Waals surface area contributed by atoms with Crippen LogP contribution in [0.2, 0.25) is 5.02 Å². The standard InChI is InChI=1S/C16H24ClN3O3.ClH/c1-11(12-3-6-18-7-4-12)19-8-5-13-9-16(23-2)15(20(21)22)10-14(13)17;/h9-12,18-19H,3-8H2,1-2H3;1H. The number of nitro groups is 1. The second-order valence-corrected chi connectivity index (χ2v) is 6.36. The number of halogens is 2. The van der Waals surface area contributed by atoms with Gasteiger partial charge in [0, 0.05) is 12.1 Å². The Morgan fingerprint density at radius 3 is 2.71 bits per heavy atom. The molecule has 6 nitrogen and oxygen atoms in total. The molecule has 0 saturated carbocycles. The Labute approximate surface area is 153 Å². The highest BCUT2D eigenvalue weighted by Gasteiger charge is 2.20. The first kappa shape index (κ1) is 21.0. The predicted octanol–water partition coefficient (Wildman–Crippen LogP) is 3.20. The highest BCUT2D eigenvalue weighted by molar-refractivity contribution is 6.31. The lowest BCUT2D eigenvalue weighted by Gasteiger charge is -2.29. The number of ether oxygens (including phenoxy) is 1. The lowest BCUT2D eigenvalue weighted by atomic mass is 9.91. The van der Waals surface area contributed by atoms with Crippen molar-refractivity contribution in [3.05, 3.63) is 32.8 Å². The third-order valence-electron chi connectivity index (χ3n) is 4.50. The number of nitrogens with one attached hydrogen (secondary N) is 2. The fourth-order valence-electron chi connectivity index (χ4n) is 3.03. The van der Waals surface area contributed by atoms with Crippen molar-refractivity contribution < 1.29 is 9.66 Å². The Kier molecular flexibility index (Phi) is 8.76. The highest BCUT2D eigenvalue weighted by Crippen LogP contribution is 2.33. The molecule has 1 aliphatic rings. The summed E-state index contributed by atoms with van der Waals surface area (Å²) in [5.74, 6) is 0.943. The van der Waals surface area contributed by atoms with Gasteiger partial charge < -0.3 is 15.4 Å². The Balaban J connectivity index is 0.00000288. The maximum Gasteiger partial charge on any atom is 0.312 e. The average Bonchev–Trinajstić information content (AvgIpc) is 2.56. The van der Waals surface area contributed by atoms with Crippen LogP contribution in [0.1, 0.15) is 25.3 Å². The molecular weight excluding hydrogens is 353 g/mol. The monoisotopic (exact) mass is 377 g/mol. The van der Waals surface area contributed by atoms with E-state index in [1.807, 2.05) is 0 Å². The molecule has 1 heterocycles. The van der Waals surface area contributed by atoms with Crippen LogP contribution in [0, 0.1) is 16.0 Å². The summed E-state index contributed by atoms with van der Waals surface area (Å²) in [5.41, 5.74) is 0.761. The predicted molar refractivity (Wildman–Crippen MR) is 98.7 cm³/mol. The van der Waals surface area contributed by atoms with Crippen LogP contribution in [0.25, 0.3) is 0 Å². The lowest BCUT2D eigenvalue weighted by molar-refractivity contribution is -0.385. The highest BCUT2D eigenvalue weighted by atomic mass is 35.5. The van der Waals surface area contributed by atoms with Crippen molar-refractivity contribution in [1.82, 2.24) is 10.6 Å². The fourth-order valence-corrected chi connectivity index (χ4v) is 3.28. The molecular formula is C16H25Cl2N3O3. The molecule has 1 aliphatic heterocycles. The van der Waals surface area contributed by atoms with Crippen LogP contribution in [-0.2, 0) is 6.42 Å². The van der Waals surface area contributed by atoms with E-state index in [4.69, 9.17) is 16.3 Å². The van der Waals surface area contributed by atoms with Crippen molar-refractivity contribution in [1.29, 1.82) is 0 Å². The molecule has 136 valence electrons. The van der Waals surface area contributed by atoms with Crippen molar-refractivity contribution >= 4 is 29.7 Å². The number of methoxy groups -OCH3 is 1. The minimum atomic E-state index is -0.480. The zero-order valence-corrected chi connectivity index (χ0v) is 15.6. The van der Waals surface area contributed by atoms with E-state index in [2.05, 4.69) is 17.6 Å². The molecule has 1 aromatic carbocycles. The smallest absolute Gasteiger partial charge is 0.312 e. The van der Waals surface area contributed by atoms with Gasteiger partial charge in [-0.3, -0.25) is 10.1 Å². The topological polar surface area (TPSA) is 76.4 Å². The number of hydrogen-bond donors (Lipinski definition) is 2. The molecule has 0 spiro atoms. The Morgan fingerprint density at radius 2 is 2.12 bits per heavy atom. The van der Waals surface area contributed by atoms with E-state index in [1.165, 1.54) is 26.0 Å². The second-order valence-electron chi connectivity index (χ2n) is 5.95. The van der Waals surface area contributed by atoms with Crippen molar-refractivity contribution in [2.24, 2.45) is 5.92 Å². The van der Waals surface area contributed by atoms with Gasteiger partial charge in [0.05, 0.1) is 17.1 Å². The largest absolute Gasteiger partial charge is 0.490 e. The maximum atomic E-state index is 11.0. The van der Waals surface area contributed by atoms with E-state index in [0.717, 1.165) is 25.2 Å². The van der Waals surface area contributed by atoms with Gasteiger partial charge in [-0.05, 0) is 63.4 Å². The van der Waals surface area contributed by atoms with E-state index in [0.29, 0.717) is 23.4 Å². The van der Waals surface area contributed by atoms with Crippen LogP contribution in [0.5, 0.6) is 5.75 Å². The Morgan fingerprint density at radius 1 is 1.46 bits per heavy atom. The average molecular weight is 378 g/mol. The van der Waals surface area contributed by atoms with Crippen LogP contribution >= 0.6 is 24.0 Å². The maximum absolute atomic E-state index is 11.0. The van der Waals surface area contributed by atoms with Crippen LogP contribution in [-0.4, -0.2) is 37.7 Å². The molecule has 8 heteroatoms. The van der Waals surface area contributed by atoms with E-state index in [1.54, 1.807) is 6.07 Å². The van der Waals surface area contributed by atoms with Crippen LogP contribution in [0.3, 0.4) is 0 Å². The lowest BCUT2D eigenvalue weighted by Crippen LogP contribution is -2.40. The number of hydrogen-bond acceptors (Lipinski definition) is 5. The molecule has 0 bridgehead atoms. The quantitative estimate of drug-likeness (QED) is 0.563.